The van der Waals surface area contributed by atoms with Gasteiger partial charge < -0.3 is 4.98 Å². The number of halogens is 2. The minimum Gasteiger partial charge on any atom is -0.358 e. The van der Waals surface area contributed by atoms with E-state index in [1.165, 1.54) is 18.3 Å². The van der Waals surface area contributed by atoms with Gasteiger partial charge in [0.1, 0.15) is 5.15 Å². The zero-order chi connectivity index (χ0) is 9.42. The van der Waals surface area contributed by atoms with E-state index in [9.17, 15) is 4.79 Å². The van der Waals surface area contributed by atoms with Crippen LogP contribution in [0.15, 0.2) is 23.1 Å². The van der Waals surface area contributed by atoms with Crippen molar-refractivity contribution in [3.05, 3.63) is 38.9 Å². The highest BCUT2D eigenvalue weighted by atomic mass is 35.5. The van der Waals surface area contributed by atoms with Crippen LogP contribution in [0.25, 0.3) is 10.9 Å². The average Bonchev–Trinajstić information content (AvgIpc) is 2.07. The Morgan fingerprint density at radius 2 is 2.15 bits per heavy atom. The topological polar surface area (TPSA) is 45.8 Å². The molecule has 0 aliphatic carbocycles. The molecule has 0 amide bonds. The fourth-order valence-electron chi connectivity index (χ4n) is 1.11. The highest BCUT2D eigenvalue weighted by molar-refractivity contribution is 6.36. The van der Waals surface area contributed by atoms with Gasteiger partial charge in [-0.3, -0.25) is 4.79 Å². The lowest BCUT2D eigenvalue weighted by molar-refractivity contribution is 1.30. The van der Waals surface area contributed by atoms with Crippen molar-refractivity contribution in [1.82, 2.24) is 9.97 Å². The van der Waals surface area contributed by atoms with Crippen molar-refractivity contribution in [3.8, 4) is 0 Å². The molecule has 2 heterocycles. The van der Waals surface area contributed by atoms with E-state index in [1.807, 2.05) is 0 Å². The SMILES string of the molecule is O=c1cc[nH]c2c(Cl)nc(Cl)cc12. The summed E-state index contributed by atoms with van der Waals surface area (Å²) in [5.74, 6) is 0. The molecule has 0 radical (unpaired) electrons. The lowest BCUT2D eigenvalue weighted by Gasteiger charge is -1.98. The van der Waals surface area contributed by atoms with Gasteiger partial charge in [0.2, 0.25) is 0 Å². The van der Waals surface area contributed by atoms with E-state index >= 15 is 0 Å². The number of hydrogen-bond acceptors (Lipinski definition) is 2. The molecular weight excluding hydrogens is 211 g/mol. The van der Waals surface area contributed by atoms with Crippen LogP contribution in [-0.4, -0.2) is 9.97 Å². The predicted molar refractivity (Wildman–Crippen MR) is 52.4 cm³/mol. The van der Waals surface area contributed by atoms with E-state index in [0.29, 0.717) is 10.9 Å². The average molecular weight is 215 g/mol. The number of H-pyrrole nitrogens is 1. The fourth-order valence-corrected chi connectivity index (χ4v) is 1.59. The number of hydrogen-bond donors (Lipinski definition) is 1. The first kappa shape index (κ1) is 8.53. The van der Waals surface area contributed by atoms with Gasteiger partial charge in [0.15, 0.2) is 10.6 Å². The second kappa shape index (κ2) is 3.01. The van der Waals surface area contributed by atoms with Crippen LogP contribution in [0.4, 0.5) is 0 Å². The van der Waals surface area contributed by atoms with E-state index < -0.39 is 0 Å². The Morgan fingerprint density at radius 1 is 1.38 bits per heavy atom. The lowest BCUT2D eigenvalue weighted by atomic mass is 10.2. The van der Waals surface area contributed by atoms with Crippen molar-refractivity contribution < 1.29 is 0 Å². The Morgan fingerprint density at radius 3 is 2.92 bits per heavy atom. The molecule has 5 heteroatoms. The molecule has 0 bridgehead atoms. The van der Waals surface area contributed by atoms with Gasteiger partial charge in [-0.2, -0.15) is 0 Å². The van der Waals surface area contributed by atoms with Crippen LogP contribution in [0.1, 0.15) is 0 Å². The van der Waals surface area contributed by atoms with Crippen LogP contribution >= 0.6 is 23.2 Å². The van der Waals surface area contributed by atoms with E-state index in [4.69, 9.17) is 23.2 Å². The Hall–Kier alpha value is -1.06. The zero-order valence-electron chi connectivity index (χ0n) is 6.34. The largest absolute Gasteiger partial charge is 0.358 e. The summed E-state index contributed by atoms with van der Waals surface area (Å²) in [6.45, 7) is 0. The molecule has 0 atom stereocenters. The third kappa shape index (κ3) is 1.41. The molecule has 0 aliphatic heterocycles. The third-order valence-electron chi connectivity index (χ3n) is 1.67. The molecule has 0 unspecified atom stereocenters. The van der Waals surface area contributed by atoms with Gasteiger partial charge in [-0.05, 0) is 6.07 Å². The van der Waals surface area contributed by atoms with E-state index in [1.54, 1.807) is 0 Å². The summed E-state index contributed by atoms with van der Waals surface area (Å²) >= 11 is 11.4. The van der Waals surface area contributed by atoms with Crippen LogP contribution < -0.4 is 5.43 Å². The number of fused-ring (bicyclic) bond motifs is 1. The number of aromatic nitrogens is 2. The van der Waals surface area contributed by atoms with Crippen molar-refractivity contribution in [2.24, 2.45) is 0 Å². The number of rotatable bonds is 0. The van der Waals surface area contributed by atoms with Gasteiger partial charge in [-0.1, -0.05) is 23.2 Å². The van der Waals surface area contributed by atoms with Gasteiger partial charge in [0.05, 0.1) is 10.9 Å². The summed E-state index contributed by atoms with van der Waals surface area (Å²) < 4.78 is 0. The quantitative estimate of drug-likeness (QED) is 0.685. The second-order valence-electron chi connectivity index (χ2n) is 2.50. The van der Waals surface area contributed by atoms with E-state index in [0.717, 1.165) is 0 Å². The molecule has 2 aromatic heterocycles. The first-order valence-electron chi connectivity index (χ1n) is 3.52. The molecule has 0 saturated carbocycles. The van der Waals surface area contributed by atoms with E-state index in [-0.39, 0.29) is 15.7 Å². The van der Waals surface area contributed by atoms with Crippen LogP contribution in [0.5, 0.6) is 0 Å². The Kier molecular flexibility index (Phi) is 1.98. The first-order valence-corrected chi connectivity index (χ1v) is 4.27. The van der Waals surface area contributed by atoms with Crippen molar-refractivity contribution in [2.45, 2.75) is 0 Å². The summed E-state index contributed by atoms with van der Waals surface area (Å²) in [6, 6.07) is 2.90. The number of nitrogens with one attached hydrogen (secondary N) is 1. The summed E-state index contributed by atoms with van der Waals surface area (Å²) in [5.41, 5.74) is 0.388. The molecule has 3 nitrogen and oxygen atoms in total. The smallest absolute Gasteiger partial charge is 0.189 e. The number of pyridine rings is 2. The van der Waals surface area contributed by atoms with Gasteiger partial charge in [0, 0.05) is 12.3 Å². The second-order valence-corrected chi connectivity index (χ2v) is 3.25. The summed E-state index contributed by atoms with van der Waals surface area (Å²) in [4.78, 5) is 18.0. The van der Waals surface area contributed by atoms with Crippen LogP contribution in [-0.2, 0) is 0 Å². The first-order chi connectivity index (χ1) is 6.18. The highest BCUT2D eigenvalue weighted by Gasteiger charge is 2.04. The molecule has 0 spiro atoms. The molecule has 0 aromatic carbocycles. The normalized spacial score (nSPS) is 10.6. The Balaban J connectivity index is 3.03. The lowest BCUT2D eigenvalue weighted by Crippen LogP contribution is -2.01. The molecule has 0 saturated heterocycles. The highest BCUT2D eigenvalue weighted by Crippen LogP contribution is 2.19. The van der Waals surface area contributed by atoms with Gasteiger partial charge in [-0.25, -0.2) is 4.98 Å². The van der Waals surface area contributed by atoms with Gasteiger partial charge in [0.25, 0.3) is 0 Å². The van der Waals surface area contributed by atoms with Crippen molar-refractivity contribution in [2.75, 3.05) is 0 Å². The molecule has 13 heavy (non-hydrogen) atoms. The monoisotopic (exact) mass is 214 g/mol. The van der Waals surface area contributed by atoms with E-state index in [2.05, 4.69) is 9.97 Å². The zero-order valence-corrected chi connectivity index (χ0v) is 7.86. The Labute approximate surface area is 83.3 Å². The summed E-state index contributed by atoms with van der Waals surface area (Å²) in [5, 5.41) is 0.877. The maximum atomic E-state index is 11.3. The maximum Gasteiger partial charge on any atom is 0.189 e. The minimum absolute atomic E-state index is 0.125. The van der Waals surface area contributed by atoms with Crippen LogP contribution in [0, 0.1) is 0 Å². The maximum absolute atomic E-state index is 11.3. The number of aromatic amines is 1. The van der Waals surface area contributed by atoms with Gasteiger partial charge >= 0.3 is 0 Å². The molecule has 1 N–H and O–H groups in total. The molecule has 2 rings (SSSR count). The Bertz CT molecular complexity index is 521. The van der Waals surface area contributed by atoms with Crippen molar-refractivity contribution in [1.29, 1.82) is 0 Å². The van der Waals surface area contributed by atoms with Crippen molar-refractivity contribution >= 4 is 34.1 Å². The minimum atomic E-state index is -0.125. The summed E-state index contributed by atoms with van der Waals surface area (Å²) in [7, 11) is 0. The molecule has 2 aromatic rings. The molecular formula is C8H4Cl2N2O. The predicted octanol–water partition coefficient (Wildman–Crippen LogP) is 2.23. The number of nitrogens with zero attached hydrogens (tertiary/aromatic N) is 1. The van der Waals surface area contributed by atoms with Gasteiger partial charge in [-0.15, -0.1) is 0 Å². The fraction of sp³-hybridized carbons (Fsp3) is 0. The summed E-state index contributed by atoms with van der Waals surface area (Å²) in [6.07, 6.45) is 1.52. The van der Waals surface area contributed by atoms with Crippen LogP contribution in [0.3, 0.4) is 0 Å². The molecule has 66 valence electrons. The van der Waals surface area contributed by atoms with Crippen molar-refractivity contribution in [3.63, 3.8) is 0 Å². The van der Waals surface area contributed by atoms with Crippen LogP contribution in [0.2, 0.25) is 10.3 Å². The molecule has 0 aliphatic rings. The third-order valence-corrected chi connectivity index (χ3v) is 2.14. The molecule has 0 fully saturated rings. The standard InChI is InChI=1S/C8H4Cl2N2O/c9-6-3-4-5(13)1-2-11-7(4)8(10)12-6/h1-3H,(H,11,13).